The molecule has 0 spiro atoms. The van der Waals surface area contributed by atoms with Crippen molar-refractivity contribution in [1.29, 1.82) is 0 Å². The summed E-state index contributed by atoms with van der Waals surface area (Å²) in [5.41, 5.74) is 1.26. The minimum atomic E-state index is -0.195. The smallest absolute Gasteiger partial charge is 0.232 e. The Labute approximate surface area is 125 Å². The molecule has 1 aliphatic heterocycles. The van der Waals surface area contributed by atoms with Gasteiger partial charge in [0, 0.05) is 19.6 Å². The molecular formula is C16H22N2O3. The summed E-state index contributed by atoms with van der Waals surface area (Å²) < 4.78 is 5.18. The third-order valence-electron chi connectivity index (χ3n) is 3.48. The molecule has 0 unspecified atom stereocenters. The summed E-state index contributed by atoms with van der Waals surface area (Å²) in [7, 11) is 0. The largest absolute Gasteiger partial charge is 0.378 e. The molecule has 21 heavy (non-hydrogen) atoms. The van der Waals surface area contributed by atoms with Gasteiger partial charge in [0.2, 0.25) is 11.8 Å². The van der Waals surface area contributed by atoms with Crippen molar-refractivity contribution in [3.05, 3.63) is 35.9 Å². The molecule has 5 heteroatoms. The van der Waals surface area contributed by atoms with Gasteiger partial charge in [-0.3, -0.25) is 9.59 Å². The third kappa shape index (κ3) is 5.55. The first kappa shape index (κ1) is 15.5. The standard InChI is InChI=1S/C16H22N2O3/c19-15(13-16(20)18-9-11-21-12-10-18)17-8-4-7-14-5-2-1-3-6-14/h1-3,5-6H,4,7-13H2,(H,17,19). The van der Waals surface area contributed by atoms with E-state index in [1.807, 2.05) is 18.2 Å². The summed E-state index contributed by atoms with van der Waals surface area (Å²) in [5.74, 6) is -0.307. The van der Waals surface area contributed by atoms with Crippen LogP contribution in [0.2, 0.25) is 0 Å². The SMILES string of the molecule is O=C(CC(=O)N1CCOCC1)NCCCc1ccccc1. The normalized spacial score (nSPS) is 14.8. The fraction of sp³-hybridized carbons (Fsp3) is 0.500. The van der Waals surface area contributed by atoms with Crippen LogP contribution >= 0.6 is 0 Å². The van der Waals surface area contributed by atoms with Gasteiger partial charge in [-0.25, -0.2) is 0 Å². The van der Waals surface area contributed by atoms with Crippen LogP contribution in [0.15, 0.2) is 30.3 Å². The zero-order valence-corrected chi connectivity index (χ0v) is 12.2. The summed E-state index contributed by atoms with van der Waals surface area (Å²) in [5, 5.41) is 2.81. The van der Waals surface area contributed by atoms with E-state index in [1.54, 1.807) is 4.90 Å². The first-order valence-corrected chi connectivity index (χ1v) is 7.42. The Hall–Kier alpha value is -1.88. The number of amides is 2. The van der Waals surface area contributed by atoms with E-state index in [9.17, 15) is 9.59 Å². The fourth-order valence-electron chi connectivity index (χ4n) is 2.29. The first-order valence-electron chi connectivity index (χ1n) is 7.42. The molecule has 2 amide bonds. The summed E-state index contributed by atoms with van der Waals surface area (Å²) in [6.07, 6.45) is 1.74. The van der Waals surface area contributed by atoms with Crippen molar-refractivity contribution in [3.63, 3.8) is 0 Å². The number of aryl methyl sites for hydroxylation is 1. The highest BCUT2D eigenvalue weighted by Gasteiger charge is 2.19. The molecule has 5 nitrogen and oxygen atoms in total. The maximum Gasteiger partial charge on any atom is 0.232 e. The lowest BCUT2D eigenvalue weighted by Crippen LogP contribution is -2.42. The molecular weight excluding hydrogens is 268 g/mol. The van der Waals surface area contributed by atoms with E-state index in [-0.39, 0.29) is 18.2 Å². The number of nitrogens with one attached hydrogen (secondary N) is 1. The zero-order chi connectivity index (χ0) is 14.9. The van der Waals surface area contributed by atoms with Crippen LogP contribution in [0.1, 0.15) is 18.4 Å². The van der Waals surface area contributed by atoms with E-state index in [1.165, 1.54) is 5.56 Å². The van der Waals surface area contributed by atoms with Crippen molar-refractivity contribution in [2.45, 2.75) is 19.3 Å². The molecule has 0 radical (unpaired) electrons. The van der Waals surface area contributed by atoms with Crippen LogP contribution in [0, 0.1) is 0 Å². The predicted molar refractivity (Wildman–Crippen MR) is 79.8 cm³/mol. The van der Waals surface area contributed by atoms with Gasteiger partial charge in [-0.05, 0) is 18.4 Å². The van der Waals surface area contributed by atoms with E-state index in [0.717, 1.165) is 12.8 Å². The highest BCUT2D eigenvalue weighted by atomic mass is 16.5. The maximum atomic E-state index is 11.9. The average molecular weight is 290 g/mol. The topological polar surface area (TPSA) is 58.6 Å². The lowest BCUT2D eigenvalue weighted by atomic mass is 10.1. The van der Waals surface area contributed by atoms with Crippen LogP contribution in [-0.4, -0.2) is 49.6 Å². The second kappa shape index (κ2) is 8.42. The summed E-state index contributed by atoms with van der Waals surface area (Å²) in [4.78, 5) is 25.3. The number of benzene rings is 1. The molecule has 0 aliphatic carbocycles. The maximum absolute atomic E-state index is 11.9. The number of ether oxygens (including phenoxy) is 1. The molecule has 0 bridgehead atoms. The number of carbonyl (C=O) groups is 2. The molecule has 114 valence electrons. The Kier molecular flexibility index (Phi) is 6.22. The van der Waals surface area contributed by atoms with E-state index in [4.69, 9.17) is 4.74 Å². The monoisotopic (exact) mass is 290 g/mol. The van der Waals surface area contributed by atoms with Crippen LogP contribution in [0.3, 0.4) is 0 Å². The Morgan fingerprint density at radius 3 is 2.57 bits per heavy atom. The highest BCUT2D eigenvalue weighted by molar-refractivity contribution is 5.96. The summed E-state index contributed by atoms with van der Waals surface area (Å²) >= 11 is 0. The van der Waals surface area contributed by atoms with Gasteiger partial charge in [-0.1, -0.05) is 30.3 Å². The summed E-state index contributed by atoms with van der Waals surface area (Å²) in [6, 6.07) is 10.2. The van der Waals surface area contributed by atoms with Gasteiger partial charge in [0.25, 0.3) is 0 Å². The molecule has 1 saturated heterocycles. The number of nitrogens with zero attached hydrogens (tertiary/aromatic N) is 1. The average Bonchev–Trinajstić information content (AvgIpc) is 2.53. The second-order valence-corrected chi connectivity index (χ2v) is 5.11. The first-order chi connectivity index (χ1) is 10.3. The lowest BCUT2D eigenvalue weighted by Gasteiger charge is -2.26. The van der Waals surface area contributed by atoms with Gasteiger partial charge >= 0.3 is 0 Å². The second-order valence-electron chi connectivity index (χ2n) is 5.11. The van der Waals surface area contributed by atoms with E-state index in [2.05, 4.69) is 17.4 Å². The van der Waals surface area contributed by atoms with Crippen molar-refractivity contribution >= 4 is 11.8 Å². The lowest BCUT2D eigenvalue weighted by molar-refractivity contribution is -0.139. The molecule has 1 fully saturated rings. The molecule has 0 saturated carbocycles. The molecule has 1 heterocycles. The van der Waals surface area contributed by atoms with E-state index >= 15 is 0 Å². The van der Waals surface area contributed by atoms with E-state index in [0.29, 0.717) is 32.8 Å². The Morgan fingerprint density at radius 1 is 1.14 bits per heavy atom. The van der Waals surface area contributed by atoms with Crippen LogP contribution in [-0.2, 0) is 20.7 Å². The molecule has 0 atom stereocenters. The van der Waals surface area contributed by atoms with Crippen molar-refractivity contribution < 1.29 is 14.3 Å². The molecule has 1 N–H and O–H groups in total. The number of rotatable bonds is 6. The molecule has 1 aliphatic rings. The van der Waals surface area contributed by atoms with Crippen molar-refractivity contribution in [2.24, 2.45) is 0 Å². The summed E-state index contributed by atoms with van der Waals surface area (Å²) in [6.45, 7) is 2.89. The quantitative estimate of drug-likeness (QED) is 0.628. The van der Waals surface area contributed by atoms with Crippen molar-refractivity contribution in [3.8, 4) is 0 Å². The van der Waals surface area contributed by atoms with Crippen LogP contribution < -0.4 is 5.32 Å². The molecule has 2 rings (SSSR count). The Morgan fingerprint density at radius 2 is 1.86 bits per heavy atom. The van der Waals surface area contributed by atoms with Crippen LogP contribution in [0.4, 0.5) is 0 Å². The Balaban J connectivity index is 1.60. The van der Waals surface area contributed by atoms with Crippen LogP contribution in [0.5, 0.6) is 0 Å². The minimum absolute atomic E-state index is 0.0641. The third-order valence-corrected chi connectivity index (χ3v) is 3.48. The zero-order valence-electron chi connectivity index (χ0n) is 12.2. The van der Waals surface area contributed by atoms with Crippen molar-refractivity contribution in [2.75, 3.05) is 32.8 Å². The number of hydrogen-bond acceptors (Lipinski definition) is 3. The van der Waals surface area contributed by atoms with Gasteiger partial charge < -0.3 is 15.0 Å². The molecule has 1 aromatic rings. The molecule has 0 aromatic heterocycles. The number of morpholine rings is 1. The Bertz CT molecular complexity index is 456. The van der Waals surface area contributed by atoms with Gasteiger partial charge in [-0.15, -0.1) is 0 Å². The van der Waals surface area contributed by atoms with Gasteiger partial charge in [0.15, 0.2) is 0 Å². The van der Waals surface area contributed by atoms with E-state index < -0.39 is 0 Å². The predicted octanol–water partition coefficient (Wildman–Crippen LogP) is 0.984. The van der Waals surface area contributed by atoms with Crippen LogP contribution in [0.25, 0.3) is 0 Å². The highest BCUT2D eigenvalue weighted by Crippen LogP contribution is 2.02. The van der Waals surface area contributed by atoms with Crippen molar-refractivity contribution in [1.82, 2.24) is 10.2 Å². The molecule has 1 aromatic carbocycles. The van der Waals surface area contributed by atoms with Gasteiger partial charge in [0.1, 0.15) is 6.42 Å². The minimum Gasteiger partial charge on any atom is -0.378 e. The van der Waals surface area contributed by atoms with Gasteiger partial charge in [-0.2, -0.15) is 0 Å². The number of carbonyl (C=O) groups excluding carboxylic acids is 2. The fourth-order valence-corrected chi connectivity index (χ4v) is 2.29. The van der Waals surface area contributed by atoms with Gasteiger partial charge in [0.05, 0.1) is 13.2 Å². The number of hydrogen-bond donors (Lipinski definition) is 1.